The Labute approximate surface area is 235 Å². The van der Waals surface area contributed by atoms with Crippen molar-refractivity contribution in [2.45, 2.75) is 47.3 Å². The van der Waals surface area contributed by atoms with Crippen molar-refractivity contribution >= 4 is 50.7 Å². The number of carbonyl (C=O) groups is 2. The Bertz CT molecular complexity index is 1790. The Hall–Kier alpha value is -4.17. The van der Waals surface area contributed by atoms with Gasteiger partial charge in [0.1, 0.15) is 22.1 Å². The number of hydrogen-bond donors (Lipinski definition) is 2. The number of anilines is 1. The SMILES string of the molecule is CCn1ncc(-c2cc(C(F)F)nc3sc(C(N)=O)c(NC(=O)c4ccn(Cn5nc(C)c(Cl)c5C)n4)c23)c1C. The summed E-state index contributed by atoms with van der Waals surface area (Å²) < 4.78 is 32.5. The number of amides is 2. The summed E-state index contributed by atoms with van der Waals surface area (Å²) in [5.74, 6) is -1.46. The van der Waals surface area contributed by atoms with Crippen molar-refractivity contribution in [1.82, 2.24) is 34.3 Å². The van der Waals surface area contributed by atoms with Crippen LogP contribution in [-0.2, 0) is 13.2 Å². The Morgan fingerprint density at radius 3 is 2.50 bits per heavy atom. The number of carbonyl (C=O) groups excluding carboxylic acids is 2. The summed E-state index contributed by atoms with van der Waals surface area (Å²) in [6.07, 6.45) is 0.302. The molecule has 5 aromatic heterocycles. The van der Waals surface area contributed by atoms with Crippen molar-refractivity contribution in [3.8, 4) is 11.1 Å². The van der Waals surface area contributed by atoms with Gasteiger partial charge in [-0.1, -0.05) is 11.6 Å². The quantitative estimate of drug-likeness (QED) is 0.263. The molecule has 0 atom stereocenters. The summed E-state index contributed by atoms with van der Waals surface area (Å²) in [6, 6.07) is 2.75. The van der Waals surface area contributed by atoms with E-state index in [1.54, 1.807) is 28.7 Å². The van der Waals surface area contributed by atoms with Crippen LogP contribution in [-0.4, -0.2) is 46.1 Å². The second kappa shape index (κ2) is 10.4. The van der Waals surface area contributed by atoms with Crippen LogP contribution in [0.15, 0.2) is 24.5 Å². The van der Waals surface area contributed by atoms with E-state index in [0.717, 1.165) is 22.7 Å². The molecule has 40 heavy (non-hydrogen) atoms. The number of aromatic nitrogens is 7. The lowest BCUT2D eigenvalue weighted by atomic mass is 10.0. The topological polar surface area (TPSA) is 139 Å². The average Bonchev–Trinajstić information content (AvgIpc) is 3.67. The molecule has 0 unspecified atom stereocenters. The Kier molecular flexibility index (Phi) is 7.14. The summed E-state index contributed by atoms with van der Waals surface area (Å²) in [5.41, 5.74) is 8.36. The van der Waals surface area contributed by atoms with E-state index < -0.39 is 23.9 Å². The zero-order valence-electron chi connectivity index (χ0n) is 21.9. The van der Waals surface area contributed by atoms with Crippen molar-refractivity contribution in [3.05, 3.63) is 62.9 Å². The molecule has 11 nitrogen and oxygen atoms in total. The number of rotatable bonds is 8. The molecule has 0 saturated carbocycles. The molecular weight excluding hydrogens is 564 g/mol. The van der Waals surface area contributed by atoms with Crippen LogP contribution < -0.4 is 11.1 Å². The summed E-state index contributed by atoms with van der Waals surface area (Å²) in [5, 5.41) is 16.6. The highest BCUT2D eigenvalue weighted by Gasteiger charge is 2.27. The number of nitrogens with two attached hydrogens (primary N) is 1. The molecule has 5 aromatic rings. The number of alkyl halides is 2. The van der Waals surface area contributed by atoms with Gasteiger partial charge in [-0.05, 0) is 45.4 Å². The maximum absolute atomic E-state index is 13.8. The number of pyridine rings is 1. The van der Waals surface area contributed by atoms with Crippen molar-refractivity contribution < 1.29 is 18.4 Å². The molecule has 0 bridgehead atoms. The Balaban J connectivity index is 1.57. The molecule has 0 aliphatic rings. The molecule has 5 heterocycles. The normalized spacial score (nSPS) is 11.6. The van der Waals surface area contributed by atoms with E-state index in [0.29, 0.717) is 33.8 Å². The molecule has 0 saturated heterocycles. The van der Waals surface area contributed by atoms with Gasteiger partial charge < -0.3 is 11.1 Å². The highest BCUT2D eigenvalue weighted by atomic mass is 35.5. The van der Waals surface area contributed by atoms with Gasteiger partial charge in [-0.25, -0.2) is 18.4 Å². The van der Waals surface area contributed by atoms with Crippen LogP contribution in [0.4, 0.5) is 14.5 Å². The number of nitrogens with zero attached hydrogens (tertiary/aromatic N) is 7. The minimum absolute atomic E-state index is 0.0271. The molecule has 208 valence electrons. The first-order valence-corrected chi connectivity index (χ1v) is 13.3. The van der Waals surface area contributed by atoms with E-state index in [-0.39, 0.29) is 27.8 Å². The molecule has 15 heteroatoms. The number of thiophene rings is 1. The maximum atomic E-state index is 13.8. The van der Waals surface area contributed by atoms with E-state index in [1.165, 1.54) is 16.8 Å². The first-order valence-electron chi connectivity index (χ1n) is 12.1. The number of halogens is 3. The standard InChI is InChI=1S/C25H24ClF2N9O2S/c1-5-36-12(3)15(9-30-36)14-8-17(22(27)28)31-25-18(14)20(21(40-25)23(29)38)32-24(39)16-6-7-35(34-16)10-37-13(4)19(26)11(2)33-37/h6-9,22H,5,10H2,1-4H3,(H2,29,38)(H,32,39). The molecule has 2 amide bonds. The molecule has 3 N–H and O–H groups in total. The summed E-state index contributed by atoms with van der Waals surface area (Å²) in [6.45, 7) is 8.10. The summed E-state index contributed by atoms with van der Waals surface area (Å²) >= 11 is 7.05. The van der Waals surface area contributed by atoms with Gasteiger partial charge in [-0.2, -0.15) is 15.3 Å². The van der Waals surface area contributed by atoms with Crippen molar-refractivity contribution in [2.24, 2.45) is 5.73 Å². The highest BCUT2D eigenvalue weighted by Crippen LogP contribution is 2.43. The number of aryl methyl sites for hydroxylation is 2. The average molecular weight is 588 g/mol. The van der Waals surface area contributed by atoms with Crippen LogP contribution in [0.25, 0.3) is 21.3 Å². The second-order valence-electron chi connectivity index (χ2n) is 9.03. The molecule has 5 rings (SSSR count). The molecule has 0 fully saturated rings. The first-order chi connectivity index (χ1) is 19.0. The third-order valence-electron chi connectivity index (χ3n) is 6.51. The van der Waals surface area contributed by atoms with Crippen molar-refractivity contribution in [3.63, 3.8) is 0 Å². The first kappa shape index (κ1) is 27.4. The predicted molar refractivity (Wildman–Crippen MR) is 147 cm³/mol. The third-order valence-corrected chi connectivity index (χ3v) is 8.15. The van der Waals surface area contributed by atoms with E-state index in [4.69, 9.17) is 17.3 Å². The van der Waals surface area contributed by atoms with Gasteiger partial charge in [0.05, 0.1) is 28.3 Å². The number of hydrogen-bond acceptors (Lipinski definition) is 7. The van der Waals surface area contributed by atoms with Gasteiger partial charge in [-0.3, -0.25) is 19.0 Å². The number of fused-ring (bicyclic) bond motifs is 1. The highest BCUT2D eigenvalue weighted by molar-refractivity contribution is 7.21. The lowest BCUT2D eigenvalue weighted by molar-refractivity contribution is 0.100. The Morgan fingerprint density at radius 1 is 1.15 bits per heavy atom. The second-order valence-corrected chi connectivity index (χ2v) is 10.4. The van der Waals surface area contributed by atoms with Gasteiger partial charge in [-0.15, -0.1) is 11.3 Å². The molecule has 0 aromatic carbocycles. The fraction of sp³-hybridized carbons (Fsp3) is 0.280. The van der Waals surface area contributed by atoms with Gasteiger partial charge in [0.25, 0.3) is 18.2 Å². The number of nitrogens with one attached hydrogen (secondary N) is 1. The van der Waals surface area contributed by atoms with E-state index in [2.05, 4.69) is 25.6 Å². The molecule has 0 aliphatic carbocycles. The Morgan fingerprint density at radius 2 is 1.90 bits per heavy atom. The van der Waals surface area contributed by atoms with E-state index in [1.807, 2.05) is 20.8 Å². The van der Waals surface area contributed by atoms with Gasteiger partial charge >= 0.3 is 0 Å². The van der Waals surface area contributed by atoms with Crippen LogP contribution in [0.5, 0.6) is 0 Å². The van der Waals surface area contributed by atoms with E-state index >= 15 is 0 Å². The van der Waals surface area contributed by atoms with Crippen LogP contribution in [0.2, 0.25) is 5.02 Å². The zero-order chi connectivity index (χ0) is 28.9. The fourth-order valence-electron chi connectivity index (χ4n) is 4.45. The smallest absolute Gasteiger partial charge is 0.280 e. The number of primary amides is 1. The summed E-state index contributed by atoms with van der Waals surface area (Å²) in [4.78, 5) is 29.9. The molecular formula is C25H24ClF2N9O2S. The lowest BCUT2D eigenvalue weighted by Crippen LogP contribution is -2.18. The largest absolute Gasteiger partial charge is 0.365 e. The van der Waals surface area contributed by atoms with Crippen LogP contribution in [0.3, 0.4) is 0 Å². The minimum Gasteiger partial charge on any atom is -0.365 e. The maximum Gasteiger partial charge on any atom is 0.280 e. The minimum atomic E-state index is -2.86. The molecule has 0 radical (unpaired) electrons. The van der Waals surface area contributed by atoms with Crippen LogP contribution >= 0.6 is 22.9 Å². The van der Waals surface area contributed by atoms with E-state index in [9.17, 15) is 18.4 Å². The van der Waals surface area contributed by atoms with Crippen molar-refractivity contribution in [2.75, 3.05) is 5.32 Å². The molecule has 0 aliphatic heterocycles. The van der Waals surface area contributed by atoms with Crippen LogP contribution in [0, 0.1) is 20.8 Å². The van der Waals surface area contributed by atoms with Gasteiger partial charge in [0, 0.05) is 29.4 Å². The van der Waals surface area contributed by atoms with Crippen molar-refractivity contribution in [1.29, 1.82) is 0 Å². The third kappa shape index (κ3) is 4.73. The summed E-state index contributed by atoms with van der Waals surface area (Å²) in [7, 11) is 0. The zero-order valence-corrected chi connectivity index (χ0v) is 23.4. The molecule has 0 spiro atoms. The fourth-order valence-corrected chi connectivity index (χ4v) is 5.60. The van der Waals surface area contributed by atoms with Gasteiger partial charge in [0.15, 0.2) is 5.69 Å². The monoisotopic (exact) mass is 587 g/mol. The predicted octanol–water partition coefficient (Wildman–Crippen LogP) is 4.95. The van der Waals surface area contributed by atoms with Crippen LogP contribution in [0.1, 0.15) is 56.3 Å². The lowest BCUT2D eigenvalue weighted by Gasteiger charge is -2.10. The van der Waals surface area contributed by atoms with Gasteiger partial charge in [0.2, 0.25) is 0 Å².